The van der Waals surface area contributed by atoms with Gasteiger partial charge in [-0.15, -0.1) is 0 Å². The molecule has 0 saturated carbocycles. The summed E-state index contributed by atoms with van der Waals surface area (Å²) in [7, 11) is -4.29. The Morgan fingerprint density at radius 1 is 1.15 bits per heavy atom. The van der Waals surface area contributed by atoms with Gasteiger partial charge in [-0.3, -0.25) is 14.2 Å². The Labute approximate surface area is 207 Å². The normalized spacial score (nSPS) is 17.9. The number of halogens is 3. The molecule has 3 aromatic rings. The van der Waals surface area contributed by atoms with E-state index < -0.39 is 33.0 Å². The van der Waals surface area contributed by atoms with E-state index in [0.717, 1.165) is 16.2 Å². The molecule has 2 aromatic carbocycles. The van der Waals surface area contributed by atoms with Crippen LogP contribution in [-0.4, -0.2) is 40.7 Å². The second-order valence-corrected chi connectivity index (χ2v) is 11.5. The Morgan fingerprint density at radius 3 is 2.33 bits per heavy atom. The second kappa shape index (κ2) is 8.43. The first-order chi connectivity index (χ1) is 15.4. The average Bonchev–Trinajstić information content (AvgIpc) is 3.22. The summed E-state index contributed by atoms with van der Waals surface area (Å²) in [5, 5.41) is 9.32. The van der Waals surface area contributed by atoms with E-state index in [9.17, 15) is 18.0 Å². The Morgan fingerprint density at radius 2 is 1.76 bits per heavy atom. The molecule has 2 heterocycles. The number of nitrogens with zero attached hydrogens (tertiary/aromatic N) is 3. The number of imidazole rings is 1. The van der Waals surface area contributed by atoms with Crippen molar-refractivity contribution in [3.63, 3.8) is 0 Å². The largest absolute Gasteiger partial charge is 0.480 e. The van der Waals surface area contributed by atoms with Gasteiger partial charge in [-0.05, 0) is 42.8 Å². The quantitative estimate of drug-likeness (QED) is 0.467. The monoisotopic (exact) mass is 571 g/mol. The van der Waals surface area contributed by atoms with Crippen LogP contribution in [0.15, 0.2) is 58.2 Å². The highest BCUT2D eigenvalue weighted by Gasteiger charge is 2.51. The molecule has 0 radical (unpaired) electrons. The SMILES string of the molecule is CC1(Cc2ccc(Br)cc2)C(=O)N(c2cc(Cl)cc(Cl)c2)c2ncc(S(=O)(=O)CC(=O)O)n21. The van der Waals surface area contributed by atoms with Crippen LogP contribution in [-0.2, 0) is 31.4 Å². The van der Waals surface area contributed by atoms with E-state index in [4.69, 9.17) is 28.3 Å². The zero-order valence-corrected chi connectivity index (χ0v) is 20.9. The van der Waals surface area contributed by atoms with Crippen LogP contribution in [0.5, 0.6) is 0 Å². The first kappa shape index (κ1) is 23.7. The van der Waals surface area contributed by atoms with Crippen molar-refractivity contribution in [3.05, 3.63) is 68.7 Å². The minimum atomic E-state index is -4.29. The number of carbonyl (C=O) groups excluding carboxylic acids is 1. The highest BCUT2D eigenvalue weighted by Crippen LogP contribution is 2.44. The fourth-order valence-corrected chi connectivity index (χ4v) is 5.91. The highest BCUT2D eigenvalue weighted by atomic mass is 79.9. The van der Waals surface area contributed by atoms with E-state index >= 15 is 0 Å². The highest BCUT2D eigenvalue weighted by molar-refractivity contribution is 9.10. The Balaban J connectivity index is 1.93. The summed E-state index contributed by atoms with van der Waals surface area (Å²) >= 11 is 15.6. The molecule has 1 aliphatic rings. The summed E-state index contributed by atoms with van der Waals surface area (Å²) < 4.78 is 27.9. The van der Waals surface area contributed by atoms with Crippen molar-refractivity contribution in [1.29, 1.82) is 0 Å². The lowest BCUT2D eigenvalue weighted by molar-refractivity contribution is -0.134. The van der Waals surface area contributed by atoms with Crippen LogP contribution in [0.3, 0.4) is 0 Å². The number of carbonyl (C=O) groups is 2. The van der Waals surface area contributed by atoms with Crippen molar-refractivity contribution in [1.82, 2.24) is 9.55 Å². The third-order valence-electron chi connectivity index (χ3n) is 5.27. The molecule has 1 aliphatic heterocycles. The summed E-state index contributed by atoms with van der Waals surface area (Å²) in [4.78, 5) is 30.4. The molecule has 172 valence electrons. The molecule has 12 heteroatoms. The van der Waals surface area contributed by atoms with Gasteiger partial charge in [0.15, 0.2) is 10.8 Å². The molecule has 0 fully saturated rings. The Bertz CT molecular complexity index is 1370. The zero-order valence-electron chi connectivity index (χ0n) is 17.0. The zero-order chi connectivity index (χ0) is 24.1. The van der Waals surface area contributed by atoms with E-state index in [1.54, 1.807) is 6.92 Å². The van der Waals surface area contributed by atoms with Gasteiger partial charge in [0.2, 0.25) is 15.8 Å². The number of amides is 1. The number of anilines is 2. The van der Waals surface area contributed by atoms with E-state index in [1.807, 2.05) is 24.3 Å². The molecule has 0 spiro atoms. The minimum absolute atomic E-state index is 0.0295. The summed E-state index contributed by atoms with van der Waals surface area (Å²) in [6, 6.07) is 11.8. The van der Waals surface area contributed by atoms with Gasteiger partial charge >= 0.3 is 5.97 Å². The smallest absolute Gasteiger partial charge is 0.319 e. The minimum Gasteiger partial charge on any atom is -0.480 e. The molecule has 0 saturated heterocycles. The van der Waals surface area contributed by atoms with E-state index in [0.29, 0.717) is 5.69 Å². The Hall–Kier alpha value is -2.40. The topological polar surface area (TPSA) is 110 Å². The number of benzene rings is 2. The number of hydrogen-bond acceptors (Lipinski definition) is 5. The number of carboxylic acids is 1. The van der Waals surface area contributed by atoms with Gasteiger partial charge in [-0.1, -0.05) is 51.3 Å². The maximum Gasteiger partial charge on any atom is 0.319 e. The maximum atomic E-state index is 13.8. The van der Waals surface area contributed by atoms with Crippen molar-refractivity contribution in [2.75, 3.05) is 10.7 Å². The summed E-state index contributed by atoms with van der Waals surface area (Å²) in [6.07, 6.45) is 1.20. The molecule has 33 heavy (non-hydrogen) atoms. The number of carboxylic acid groups (broad SMARTS) is 1. The van der Waals surface area contributed by atoms with E-state index in [-0.39, 0.29) is 27.4 Å². The molecule has 1 unspecified atom stereocenters. The number of rotatable bonds is 6. The molecule has 0 aliphatic carbocycles. The van der Waals surface area contributed by atoms with Crippen LogP contribution in [0.4, 0.5) is 11.6 Å². The summed E-state index contributed by atoms with van der Waals surface area (Å²) in [5.41, 5.74) is -0.345. The van der Waals surface area contributed by atoms with Crippen LogP contribution < -0.4 is 4.90 Å². The van der Waals surface area contributed by atoms with Crippen molar-refractivity contribution < 1.29 is 23.1 Å². The maximum absolute atomic E-state index is 13.8. The molecule has 1 amide bonds. The van der Waals surface area contributed by atoms with Crippen molar-refractivity contribution in [2.24, 2.45) is 0 Å². The molecule has 8 nitrogen and oxygen atoms in total. The third-order valence-corrected chi connectivity index (χ3v) is 7.78. The lowest BCUT2D eigenvalue weighted by atomic mass is 9.92. The third kappa shape index (κ3) is 4.28. The molecular formula is C21H16BrCl2N3O5S. The average molecular weight is 573 g/mol. The molecule has 1 N–H and O–H groups in total. The van der Waals surface area contributed by atoms with Crippen LogP contribution in [0.25, 0.3) is 0 Å². The molecular weight excluding hydrogens is 557 g/mol. The fraction of sp³-hybridized carbons (Fsp3) is 0.190. The number of fused-ring (bicyclic) bond motifs is 1. The summed E-state index contributed by atoms with van der Waals surface area (Å²) in [6.45, 7) is 1.59. The van der Waals surface area contributed by atoms with Gasteiger partial charge in [-0.25, -0.2) is 18.3 Å². The molecule has 4 rings (SSSR count). The van der Waals surface area contributed by atoms with Crippen molar-refractivity contribution in [2.45, 2.75) is 23.9 Å². The number of sulfone groups is 1. The Kier molecular flexibility index (Phi) is 6.06. The number of aliphatic carboxylic acids is 1. The standard InChI is InChI=1S/C21H16BrCl2N3O5S/c1-21(9-12-2-4-13(22)5-3-12)19(30)26(16-7-14(23)6-15(24)8-16)20-25-10-17(27(20)21)33(31,32)11-18(28)29/h2-8,10H,9,11H2,1H3,(H,28,29). The van der Waals surface area contributed by atoms with E-state index in [2.05, 4.69) is 20.9 Å². The first-order valence-corrected chi connectivity index (χ1v) is 12.7. The van der Waals surface area contributed by atoms with Gasteiger partial charge in [-0.2, -0.15) is 0 Å². The number of aromatic nitrogens is 2. The fourth-order valence-electron chi connectivity index (χ4n) is 3.89. The van der Waals surface area contributed by atoms with Gasteiger partial charge in [0, 0.05) is 20.9 Å². The van der Waals surface area contributed by atoms with Crippen LogP contribution in [0.2, 0.25) is 10.0 Å². The lowest BCUT2D eigenvalue weighted by Gasteiger charge is -2.26. The predicted octanol–water partition coefficient (Wildman–Crippen LogP) is 4.45. The summed E-state index contributed by atoms with van der Waals surface area (Å²) in [5.74, 6) is -3.08. The molecule has 0 bridgehead atoms. The van der Waals surface area contributed by atoms with Crippen molar-refractivity contribution >= 4 is 72.5 Å². The van der Waals surface area contributed by atoms with Crippen LogP contribution in [0.1, 0.15) is 12.5 Å². The lowest BCUT2D eigenvalue weighted by Crippen LogP contribution is -2.42. The second-order valence-electron chi connectivity index (χ2n) is 7.73. The van der Waals surface area contributed by atoms with Gasteiger partial charge in [0.1, 0.15) is 5.54 Å². The van der Waals surface area contributed by atoms with Gasteiger partial charge in [0.05, 0.1) is 11.9 Å². The van der Waals surface area contributed by atoms with Crippen LogP contribution >= 0.6 is 39.1 Å². The van der Waals surface area contributed by atoms with Gasteiger partial charge in [0.25, 0.3) is 5.91 Å². The van der Waals surface area contributed by atoms with Gasteiger partial charge < -0.3 is 5.11 Å². The molecule has 1 aromatic heterocycles. The first-order valence-electron chi connectivity index (χ1n) is 9.50. The van der Waals surface area contributed by atoms with Crippen molar-refractivity contribution in [3.8, 4) is 0 Å². The molecule has 1 atom stereocenters. The van der Waals surface area contributed by atoms with Crippen LogP contribution in [0, 0.1) is 0 Å². The van der Waals surface area contributed by atoms with E-state index in [1.165, 1.54) is 27.7 Å². The predicted molar refractivity (Wildman–Crippen MR) is 127 cm³/mol. The number of hydrogen-bond donors (Lipinski definition) is 1.